The Labute approximate surface area is 177 Å². The van der Waals surface area contributed by atoms with Crippen molar-refractivity contribution in [2.45, 2.75) is 76.8 Å². The molecular formula is C24H32F2N2O2. The average molecular weight is 419 g/mol. The van der Waals surface area contributed by atoms with Crippen LogP contribution in [0.1, 0.15) is 70.3 Å². The molecule has 1 heterocycles. The van der Waals surface area contributed by atoms with Gasteiger partial charge in [0.05, 0.1) is 0 Å². The fraction of sp³-hybridized carbons (Fsp3) is 0.667. The lowest BCUT2D eigenvalue weighted by atomic mass is 9.82. The second kappa shape index (κ2) is 8.64. The number of benzene rings is 1. The topological polar surface area (TPSA) is 49.4 Å². The Kier molecular flexibility index (Phi) is 6.12. The number of carbonyl (C=O) groups excluding carboxylic acids is 2. The van der Waals surface area contributed by atoms with E-state index < -0.39 is 17.7 Å². The number of hydrogen-bond donors (Lipinski definition) is 1. The molecule has 30 heavy (non-hydrogen) atoms. The van der Waals surface area contributed by atoms with E-state index in [1.54, 1.807) is 4.90 Å². The molecule has 1 aromatic carbocycles. The highest BCUT2D eigenvalue weighted by atomic mass is 19.1. The summed E-state index contributed by atoms with van der Waals surface area (Å²) >= 11 is 0. The van der Waals surface area contributed by atoms with E-state index in [-0.39, 0.29) is 35.6 Å². The molecule has 1 aliphatic heterocycles. The molecule has 1 saturated heterocycles. The molecule has 0 radical (unpaired) electrons. The number of halogens is 2. The van der Waals surface area contributed by atoms with Crippen LogP contribution in [0.5, 0.6) is 0 Å². The van der Waals surface area contributed by atoms with E-state index in [1.807, 2.05) is 0 Å². The molecule has 2 unspecified atom stereocenters. The van der Waals surface area contributed by atoms with Crippen LogP contribution in [0.4, 0.5) is 8.78 Å². The van der Waals surface area contributed by atoms with Crippen LogP contribution < -0.4 is 5.32 Å². The molecule has 0 aromatic heterocycles. The third kappa shape index (κ3) is 4.37. The van der Waals surface area contributed by atoms with Gasteiger partial charge in [0.15, 0.2) is 0 Å². The standard InChI is InChI=1S/C24H32F2N2O2/c1-14(2)10-22-23(29)27-21(15-6-4-3-5-7-15)13-28(22)24(30)19-12-18(19)17-9-8-16(25)11-20(17)26/h8-9,11,14-15,18-19,21-22H,3-7,10,12-13H2,1-2H3,(H,27,29)/t18-,19+,21?,22?/m0/s1. The fourth-order valence-electron chi connectivity index (χ4n) is 5.36. The lowest BCUT2D eigenvalue weighted by Gasteiger charge is -2.43. The summed E-state index contributed by atoms with van der Waals surface area (Å²) < 4.78 is 27.5. The highest BCUT2D eigenvalue weighted by molar-refractivity contribution is 5.91. The van der Waals surface area contributed by atoms with Gasteiger partial charge in [-0.3, -0.25) is 9.59 Å². The molecule has 1 N–H and O–H groups in total. The van der Waals surface area contributed by atoms with Gasteiger partial charge < -0.3 is 10.2 Å². The average Bonchev–Trinajstić information content (AvgIpc) is 3.49. The van der Waals surface area contributed by atoms with Gasteiger partial charge in [0.25, 0.3) is 0 Å². The maximum atomic E-state index is 14.2. The summed E-state index contributed by atoms with van der Waals surface area (Å²) in [6.07, 6.45) is 6.95. The van der Waals surface area contributed by atoms with Crippen molar-refractivity contribution in [2.75, 3.05) is 6.54 Å². The minimum atomic E-state index is -0.611. The van der Waals surface area contributed by atoms with E-state index in [2.05, 4.69) is 19.2 Å². The number of carbonyl (C=O) groups is 2. The number of piperazine rings is 1. The first kappa shape index (κ1) is 21.3. The third-order valence-electron chi connectivity index (χ3n) is 7.07. The van der Waals surface area contributed by atoms with Crippen molar-refractivity contribution in [2.24, 2.45) is 17.8 Å². The number of nitrogens with one attached hydrogen (secondary N) is 1. The summed E-state index contributed by atoms with van der Waals surface area (Å²) in [6.45, 7) is 4.65. The predicted molar refractivity (Wildman–Crippen MR) is 111 cm³/mol. The molecule has 0 spiro atoms. The predicted octanol–water partition coefficient (Wildman–Crippen LogP) is 4.39. The van der Waals surface area contributed by atoms with Crippen molar-refractivity contribution in [1.82, 2.24) is 10.2 Å². The maximum Gasteiger partial charge on any atom is 0.243 e. The zero-order valence-corrected chi connectivity index (χ0v) is 17.9. The molecule has 2 amide bonds. The zero-order chi connectivity index (χ0) is 21.4. The van der Waals surface area contributed by atoms with Gasteiger partial charge in [-0.2, -0.15) is 0 Å². The molecule has 1 aromatic rings. The molecule has 2 aliphatic carbocycles. The Morgan fingerprint density at radius 3 is 2.60 bits per heavy atom. The van der Waals surface area contributed by atoms with Gasteiger partial charge in [-0.25, -0.2) is 8.78 Å². The molecule has 3 aliphatic rings. The third-order valence-corrected chi connectivity index (χ3v) is 7.07. The Balaban J connectivity index is 1.51. The van der Waals surface area contributed by atoms with Crippen molar-refractivity contribution < 1.29 is 18.4 Å². The summed E-state index contributed by atoms with van der Waals surface area (Å²) in [5.74, 6) is -1.15. The summed E-state index contributed by atoms with van der Waals surface area (Å²) in [4.78, 5) is 28.2. The van der Waals surface area contributed by atoms with Crippen molar-refractivity contribution in [1.29, 1.82) is 0 Å². The van der Waals surface area contributed by atoms with E-state index >= 15 is 0 Å². The summed E-state index contributed by atoms with van der Waals surface area (Å²) in [5, 5.41) is 3.21. The Bertz CT molecular complexity index is 806. The number of rotatable bonds is 5. The molecule has 3 fully saturated rings. The van der Waals surface area contributed by atoms with Gasteiger partial charge in [0, 0.05) is 24.6 Å². The van der Waals surface area contributed by atoms with E-state index in [4.69, 9.17) is 0 Å². The largest absolute Gasteiger partial charge is 0.350 e. The fourth-order valence-corrected chi connectivity index (χ4v) is 5.36. The molecule has 6 heteroatoms. The van der Waals surface area contributed by atoms with Gasteiger partial charge in [-0.05, 0) is 55.1 Å². The number of amides is 2. The van der Waals surface area contributed by atoms with Crippen LogP contribution >= 0.6 is 0 Å². The molecule has 0 bridgehead atoms. The SMILES string of the molecule is CC(C)CC1C(=O)NC(C2CCCCC2)CN1C(=O)[C@@H]1C[C@H]1c1ccc(F)cc1F. The molecule has 4 rings (SSSR count). The quantitative estimate of drug-likeness (QED) is 0.771. The van der Waals surface area contributed by atoms with Crippen LogP contribution in [0.2, 0.25) is 0 Å². The Hall–Kier alpha value is -1.98. The minimum Gasteiger partial charge on any atom is -0.350 e. The molecular weight excluding hydrogens is 386 g/mol. The Morgan fingerprint density at radius 2 is 1.93 bits per heavy atom. The van der Waals surface area contributed by atoms with Crippen molar-refractivity contribution in [3.8, 4) is 0 Å². The van der Waals surface area contributed by atoms with Crippen molar-refractivity contribution in [3.05, 3.63) is 35.4 Å². The highest BCUT2D eigenvalue weighted by Crippen LogP contribution is 2.50. The van der Waals surface area contributed by atoms with E-state index in [1.165, 1.54) is 31.4 Å². The van der Waals surface area contributed by atoms with Gasteiger partial charge >= 0.3 is 0 Å². The van der Waals surface area contributed by atoms with Crippen LogP contribution in [-0.4, -0.2) is 35.3 Å². The highest BCUT2D eigenvalue weighted by Gasteiger charge is 2.50. The second-order valence-corrected chi connectivity index (χ2v) is 9.76. The number of nitrogens with zero attached hydrogens (tertiary/aromatic N) is 1. The van der Waals surface area contributed by atoms with Crippen LogP contribution in [0, 0.1) is 29.4 Å². The lowest BCUT2D eigenvalue weighted by Crippen LogP contribution is -2.64. The number of hydrogen-bond acceptors (Lipinski definition) is 2. The van der Waals surface area contributed by atoms with E-state index in [0.717, 1.165) is 18.9 Å². The molecule has 2 saturated carbocycles. The van der Waals surface area contributed by atoms with Crippen molar-refractivity contribution >= 4 is 11.8 Å². The summed E-state index contributed by atoms with van der Waals surface area (Å²) in [7, 11) is 0. The van der Waals surface area contributed by atoms with E-state index in [9.17, 15) is 18.4 Å². The van der Waals surface area contributed by atoms with Gasteiger partial charge in [0.1, 0.15) is 17.7 Å². The lowest BCUT2D eigenvalue weighted by molar-refractivity contribution is -0.147. The van der Waals surface area contributed by atoms with Crippen LogP contribution in [0.15, 0.2) is 18.2 Å². The first-order chi connectivity index (χ1) is 14.3. The smallest absolute Gasteiger partial charge is 0.243 e. The second-order valence-electron chi connectivity index (χ2n) is 9.76. The monoisotopic (exact) mass is 418 g/mol. The van der Waals surface area contributed by atoms with Crippen LogP contribution in [0.25, 0.3) is 0 Å². The molecule has 164 valence electrons. The van der Waals surface area contributed by atoms with Crippen molar-refractivity contribution in [3.63, 3.8) is 0 Å². The first-order valence-corrected chi connectivity index (χ1v) is 11.4. The molecule has 4 nitrogen and oxygen atoms in total. The maximum absolute atomic E-state index is 14.2. The normalized spacial score (nSPS) is 29.8. The zero-order valence-electron chi connectivity index (χ0n) is 17.9. The van der Waals surface area contributed by atoms with E-state index in [0.29, 0.717) is 30.9 Å². The van der Waals surface area contributed by atoms with Crippen LogP contribution in [-0.2, 0) is 9.59 Å². The minimum absolute atomic E-state index is 0.00456. The van der Waals surface area contributed by atoms with Gasteiger partial charge in [-0.1, -0.05) is 39.2 Å². The summed E-state index contributed by atoms with van der Waals surface area (Å²) in [5.41, 5.74) is 0.403. The van der Waals surface area contributed by atoms with Crippen LogP contribution in [0.3, 0.4) is 0 Å². The van der Waals surface area contributed by atoms with Gasteiger partial charge in [-0.15, -0.1) is 0 Å². The van der Waals surface area contributed by atoms with Gasteiger partial charge in [0.2, 0.25) is 11.8 Å². The molecule has 4 atom stereocenters. The first-order valence-electron chi connectivity index (χ1n) is 11.4. The summed E-state index contributed by atoms with van der Waals surface area (Å²) in [6, 6.07) is 3.11. The Morgan fingerprint density at radius 1 is 1.20 bits per heavy atom.